The Morgan fingerprint density at radius 2 is 1.74 bits per heavy atom. The molecule has 2 amide bonds. The Bertz CT molecular complexity index is 1290. The fourth-order valence-electron chi connectivity index (χ4n) is 4.17. The first-order chi connectivity index (χ1) is 16.5. The quantitative estimate of drug-likeness (QED) is 0.356. The average Bonchev–Trinajstić information content (AvgIpc) is 3.39. The van der Waals surface area contributed by atoms with E-state index < -0.39 is 0 Å². The normalized spacial score (nSPS) is 11.9. The van der Waals surface area contributed by atoms with Crippen LogP contribution < -0.4 is 5.32 Å². The van der Waals surface area contributed by atoms with Gasteiger partial charge in [-0.05, 0) is 35.1 Å². The Labute approximate surface area is 204 Å². The number of rotatable bonds is 8. The number of hydrogen-bond acceptors (Lipinski definition) is 4. The predicted molar refractivity (Wildman–Crippen MR) is 139 cm³/mol. The smallest absolute Gasteiger partial charge is 0.224 e. The van der Waals surface area contributed by atoms with E-state index in [1.807, 2.05) is 72.1 Å². The molecule has 4 aromatic rings. The molecule has 34 heavy (non-hydrogen) atoms. The topological polar surface area (TPSA) is 62.3 Å². The first-order valence-corrected chi connectivity index (χ1v) is 12.4. The maximum atomic E-state index is 13.4. The molecule has 2 heterocycles. The maximum absolute atomic E-state index is 13.4. The highest BCUT2D eigenvalue weighted by molar-refractivity contribution is 7.13. The Morgan fingerprint density at radius 1 is 1.00 bits per heavy atom. The number of aromatic nitrogens is 1. The van der Waals surface area contributed by atoms with Gasteiger partial charge in [0.2, 0.25) is 11.8 Å². The number of para-hydroxylation sites is 1. The Kier molecular flexibility index (Phi) is 7.38. The van der Waals surface area contributed by atoms with Crippen molar-refractivity contribution < 1.29 is 9.59 Å². The number of carbonyl (C=O) groups excluding carboxylic acids is 2. The van der Waals surface area contributed by atoms with Gasteiger partial charge in [0.05, 0.1) is 28.6 Å². The summed E-state index contributed by atoms with van der Waals surface area (Å²) in [6, 6.07) is 21.9. The third-order valence-electron chi connectivity index (χ3n) is 6.08. The van der Waals surface area contributed by atoms with E-state index in [1.54, 1.807) is 30.2 Å². The lowest BCUT2D eigenvalue weighted by molar-refractivity contribution is -0.128. The zero-order chi connectivity index (χ0) is 24.1. The summed E-state index contributed by atoms with van der Waals surface area (Å²) in [4.78, 5) is 33.1. The van der Waals surface area contributed by atoms with E-state index in [9.17, 15) is 9.59 Å². The van der Waals surface area contributed by atoms with Gasteiger partial charge in [0.1, 0.15) is 0 Å². The zero-order valence-electron chi connectivity index (χ0n) is 19.7. The Morgan fingerprint density at radius 3 is 2.41 bits per heavy atom. The van der Waals surface area contributed by atoms with E-state index in [2.05, 4.69) is 12.2 Å². The van der Waals surface area contributed by atoms with Crippen molar-refractivity contribution >= 4 is 34.1 Å². The van der Waals surface area contributed by atoms with Gasteiger partial charge in [-0.1, -0.05) is 61.5 Å². The highest BCUT2D eigenvalue weighted by atomic mass is 32.1. The molecule has 2 aromatic carbocycles. The van der Waals surface area contributed by atoms with Crippen molar-refractivity contribution in [3.05, 3.63) is 88.8 Å². The highest BCUT2D eigenvalue weighted by Gasteiger charge is 2.22. The maximum Gasteiger partial charge on any atom is 0.224 e. The predicted octanol–water partition coefficient (Wildman–Crippen LogP) is 5.75. The van der Waals surface area contributed by atoms with E-state index >= 15 is 0 Å². The number of thiophene rings is 1. The molecule has 0 aliphatic carbocycles. The van der Waals surface area contributed by atoms with Crippen LogP contribution in [0.2, 0.25) is 0 Å². The third kappa shape index (κ3) is 5.18. The molecule has 0 fully saturated rings. The summed E-state index contributed by atoms with van der Waals surface area (Å²) in [6.45, 7) is 4.01. The van der Waals surface area contributed by atoms with Gasteiger partial charge in [0.25, 0.3) is 0 Å². The minimum absolute atomic E-state index is 0.0317. The van der Waals surface area contributed by atoms with Crippen LogP contribution in [0.15, 0.2) is 72.1 Å². The van der Waals surface area contributed by atoms with Crippen LogP contribution in [0.4, 0.5) is 0 Å². The molecule has 0 unspecified atom stereocenters. The summed E-state index contributed by atoms with van der Waals surface area (Å²) >= 11 is 1.61. The molecule has 6 heteroatoms. The summed E-state index contributed by atoms with van der Waals surface area (Å²) in [5.41, 5.74) is 4.61. The van der Waals surface area contributed by atoms with Gasteiger partial charge in [-0.15, -0.1) is 11.3 Å². The second-order valence-electron chi connectivity index (χ2n) is 8.40. The number of amides is 2. The van der Waals surface area contributed by atoms with Gasteiger partial charge in [-0.2, -0.15) is 0 Å². The second-order valence-corrected chi connectivity index (χ2v) is 9.35. The summed E-state index contributed by atoms with van der Waals surface area (Å²) in [6.07, 6.45) is 1.01. The molecular weight excluding hydrogens is 442 g/mol. The Hall–Kier alpha value is -3.51. The van der Waals surface area contributed by atoms with Crippen molar-refractivity contribution in [3.63, 3.8) is 0 Å². The van der Waals surface area contributed by atoms with E-state index in [4.69, 9.17) is 4.98 Å². The van der Waals surface area contributed by atoms with Gasteiger partial charge >= 0.3 is 0 Å². The molecule has 2 aromatic heterocycles. The number of pyridine rings is 1. The molecule has 1 N–H and O–H groups in total. The molecule has 0 spiro atoms. The van der Waals surface area contributed by atoms with Crippen molar-refractivity contribution in [2.24, 2.45) is 0 Å². The van der Waals surface area contributed by atoms with Crippen molar-refractivity contribution in [2.45, 2.75) is 39.3 Å². The zero-order valence-corrected chi connectivity index (χ0v) is 20.6. The van der Waals surface area contributed by atoms with Crippen molar-refractivity contribution in [1.29, 1.82) is 0 Å². The van der Waals surface area contributed by atoms with E-state index in [0.717, 1.165) is 44.6 Å². The van der Waals surface area contributed by atoms with Crippen LogP contribution in [0.5, 0.6) is 0 Å². The fraction of sp³-hybridized carbons (Fsp3) is 0.250. The molecule has 0 saturated carbocycles. The summed E-state index contributed by atoms with van der Waals surface area (Å²) < 4.78 is 0. The van der Waals surface area contributed by atoms with Gasteiger partial charge < -0.3 is 10.2 Å². The molecule has 0 saturated heterocycles. The molecular formula is C28H29N3O2S. The summed E-state index contributed by atoms with van der Waals surface area (Å²) in [5.74, 6) is -0.0771. The van der Waals surface area contributed by atoms with Gasteiger partial charge in [0, 0.05) is 31.5 Å². The van der Waals surface area contributed by atoms with Crippen LogP contribution in [0, 0.1) is 0 Å². The molecule has 1 atom stereocenters. The molecule has 4 rings (SSSR count). The van der Waals surface area contributed by atoms with Crippen molar-refractivity contribution in [2.75, 3.05) is 7.05 Å². The van der Waals surface area contributed by atoms with Crippen LogP contribution in [0.3, 0.4) is 0 Å². The number of fused-ring (bicyclic) bond motifs is 1. The molecule has 0 aliphatic heterocycles. The molecule has 174 valence electrons. The van der Waals surface area contributed by atoms with Gasteiger partial charge in [-0.25, -0.2) is 4.98 Å². The first-order valence-electron chi connectivity index (χ1n) is 11.5. The van der Waals surface area contributed by atoms with E-state index in [0.29, 0.717) is 6.54 Å². The standard InChI is InChI=1S/C28H29N3O2S/c1-4-24(20-11-6-5-7-12-20)29-27(33)17-22-21-13-8-9-14-25(21)30-28(26-15-10-16-34-26)23(22)18-31(3)19(2)32/h5-16,24H,4,17-18H2,1-3H3,(H,29,33)/t24-/m0/s1. The minimum Gasteiger partial charge on any atom is -0.349 e. The molecule has 0 bridgehead atoms. The summed E-state index contributed by atoms with van der Waals surface area (Å²) in [5, 5.41) is 6.18. The van der Waals surface area contributed by atoms with Crippen LogP contribution in [-0.4, -0.2) is 28.7 Å². The SMILES string of the molecule is CC[C@H](NC(=O)Cc1c(CN(C)C(C)=O)c(-c2cccs2)nc2ccccc12)c1ccccc1. The average molecular weight is 472 g/mol. The lowest BCUT2D eigenvalue weighted by Crippen LogP contribution is -2.30. The third-order valence-corrected chi connectivity index (χ3v) is 6.96. The summed E-state index contributed by atoms with van der Waals surface area (Å²) in [7, 11) is 1.78. The Balaban J connectivity index is 1.78. The minimum atomic E-state index is -0.0538. The van der Waals surface area contributed by atoms with Crippen molar-refractivity contribution in [1.82, 2.24) is 15.2 Å². The molecule has 5 nitrogen and oxygen atoms in total. The number of hydrogen-bond donors (Lipinski definition) is 1. The first kappa shape index (κ1) is 23.6. The molecule has 0 radical (unpaired) electrons. The van der Waals surface area contributed by atoms with E-state index in [1.165, 1.54) is 0 Å². The fourth-order valence-corrected chi connectivity index (χ4v) is 4.91. The van der Waals surface area contributed by atoms with Crippen LogP contribution in [0.25, 0.3) is 21.5 Å². The lowest BCUT2D eigenvalue weighted by atomic mass is 9.95. The van der Waals surface area contributed by atoms with Gasteiger partial charge in [-0.3, -0.25) is 9.59 Å². The number of nitrogens with one attached hydrogen (secondary N) is 1. The number of carbonyl (C=O) groups is 2. The number of nitrogens with zero attached hydrogens (tertiary/aromatic N) is 2. The van der Waals surface area contributed by atoms with Crippen LogP contribution in [-0.2, 0) is 22.6 Å². The highest BCUT2D eigenvalue weighted by Crippen LogP contribution is 2.34. The van der Waals surface area contributed by atoms with Gasteiger partial charge in [0.15, 0.2) is 0 Å². The number of benzene rings is 2. The van der Waals surface area contributed by atoms with Crippen LogP contribution >= 0.6 is 11.3 Å². The second kappa shape index (κ2) is 10.6. The van der Waals surface area contributed by atoms with Crippen molar-refractivity contribution in [3.8, 4) is 10.6 Å². The lowest BCUT2D eigenvalue weighted by Gasteiger charge is -2.22. The van der Waals surface area contributed by atoms with Crippen LogP contribution in [0.1, 0.15) is 43.0 Å². The largest absolute Gasteiger partial charge is 0.349 e. The monoisotopic (exact) mass is 471 g/mol. The molecule has 0 aliphatic rings. The van der Waals surface area contributed by atoms with E-state index in [-0.39, 0.29) is 24.3 Å².